The summed E-state index contributed by atoms with van der Waals surface area (Å²) >= 11 is 0. The molecule has 0 saturated carbocycles. The fourth-order valence-corrected chi connectivity index (χ4v) is 2.32. The number of hydrogen-bond donors (Lipinski definition) is 1. The van der Waals surface area contributed by atoms with Crippen molar-refractivity contribution in [2.75, 3.05) is 6.61 Å². The molecule has 0 aromatic heterocycles. The molecule has 1 N–H and O–H groups in total. The number of aryl methyl sites for hydroxylation is 1. The van der Waals surface area contributed by atoms with Crippen molar-refractivity contribution in [3.8, 4) is 0 Å². The van der Waals surface area contributed by atoms with Crippen LogP contribution >= 0.6 is 0 Å². The number of carboxylic acids is 1. The first-order valence-corrected chi connectivity index (χ1v) is 6.68. The van der Waals surface area contributed by atoms with Crippen LogP contribution in [-0.2, 0) is 14.3 Å². The van der Waals surface area contributed by atoms with Crippen LogP contribution < -0.4 is 0 Å². The molecule has 0 radical (unpaired) electrons. The van der Waals surface area contributed by atoms with Crippen LogP contribution in [0.1, 0.15) is 30.4 Å². The second kappa shape index (κ2) is 5.90. The molecule has 0 aliphatic carbocycles. The van der Waals surface area contributed by atoms with Gasteiger partial charge in [-0.2, -0.15) is 0 Å². The molecule has 1 aliphatic heterocycles. The van der Waals surface area contributed by atoms with E-state index in [0.717, 1.165) is 5.56 Å². The Kier molecular flexibility index (Phi) is 4.23. The third kappa shape index (κ3) is 2.90. The highest BCUT2D eigenvalue weighted by molar-refractivity contribution is 5.99. The van der Waals surface area contributed by atoms with Crippen LogP contribution in [0.15, 0.2) is 30.3 Å². The van der Waals surface area contributed by atoms with Gasteiger partial charge in [0.2, 0.25) is 0 Å². The highest BCUT2D eigenvalue weighted by Gasteiger charge is 2.48. The molecule has 106 valence electrons. The van der Waals surface area contributed by atoms with Gasteiger partial charge in [0.1, 0.15) is 0 Å². The van der Waals surface area contributed by atoms with Crippen molar-refractivity contribution >= 4 is 18.0 Å². The number of esters is 1. The highest BCUT2D eigenvalue weighted by atomic mass is 16.5. The summed E-state index contributed by atoms with van der Waals surface area (Å²) in [5, 5.41) is 9.36. The van der Waals surface area contributed by atoms with Gasteiger partial charge in [-0.1, -0.05) is 42.0 Å². The van der Waals surface area contributed by atoms with E-state index in [-0.39, 0.29) is 6.42 Å². The molecule has 1 unspecified atom stereocenters. The maximum absolute atomic E-state index is 11.8. The number of rotatable bonds is 4. The number of hydrogen-bond acceptors (Lipinski definition) is 3. The number of allylic oxidation sites excluding steroid dienone is 1. The van der Waals surface area contributed by atoms with Crippen LogP contribution in [0.3, 0.4) is 0 Å². The van der Waals surface area contributed by atoms with Gasteiger partial charge in [0.25, 0.3) is 0 Å². The Balaban J connectivity index is 2.11. The molecule has 1 heterocycles. The number of aliphatic carboxylic acids is 1. The van der Waals surface area contributed by atoms with E-state index in [1.54, 1.807) is 6.08 Å². The van der Waals surface area contributed by atoms with Gasteiger partial charge in [-0.25, -0.2) is 0 Å². The molecule has 1 saturated heterocycles. The molecule has 4 heteroatoms. The van der Waals surface area contributed by atoms with Gasteiger partial charge < -0.3 is 9.84 Å². The van der Waals surface area contributed by atoms with E-state index < -0.39 is 17.4 Å². The molecule has 0 amide bonds. The minimum absolute atomic E-state index is 0.162. The zero-order chi connectivity index (χ0) is 14.6. The quantitative estimate of drug-likeness (QED) is 0.677. The molecular weight excluding hydrogens is 256 g/mol. The third-order valence-electron chi connectivity index (χ3n) is 3.64. The van der Waals surface area contributed by atoms with Gasteiger partial charge in [0.05, 0.1) is 6.61 Å². The average Bonchev–Trinajstić information content (AvgIpc) is 2.43. The van der Waals surface area contributed by atoms with Crippen LogP contribution in [-0.4, -0.2) is 23.7 Å². The van der Waals surface area contributed by atoms with E-state index in [9.17, 15) is 14.7 Å². The van der Waals surface area contributed by atoms with Crippen LogP contribution in [0.2, 0.25) is 0 Å². The summed E-state index contributed by atoms with van der Waals surface area (Å²) in [7, 11) is 0. The molecule has 1 aromatic carbocycles. The molecule has 4 nitrogen and oxygen atoms in total. The van der Waals surface area contributed by atoms with Crippen molar-refractivity contribution in [1.82, 2.24) is 0 Å². The lowest BCUT2D eigenvalue weighted by molar-refractivity contribution is -0.174. The number of benzene rings is 1. The normalized spacial score (nSPS) is 22.8. The van der Waals surface area contributed by atoms with Crippen molar-refractivity contribution in [2.24, 2.45) is 5.41 Å². The highest BCUT2D eigenvalue weighted by Crippen LogP contribution is 2.34. The number of carbonyl (C=O) groups excluding carboxylic acids is 1. The van der Waals surface area contributed by atoms with Crippen molar-refractivity contribution in [1.29, 1.82) is 0 Å². The molecule has 1 atom stereocenters. The number of cyclic esters (lactones) is 1. The van der Waals surface area contributed by atoms with E-state index in [1.807, 2.05) is 37.3 Å². The minimum atomic E-state index is -1.42. The lowest BCUT2D eigenvalue weighted by Crippen LogP contribution is -2.43. The average molecular weight is 274 g/mol. The monoisotopic (exact) mass is 274 g/mol. The van der Waals surface area contributed by atoms with Crippen molar-refractivity contribution in [2.45, 2.75) is 26.2 Å². The number of carboxylic acid groups (broad SMARTS) is 1. The Bertz CT molecular complexity index is 530. The molecule has 1 aliphatic rings. The van der Waals surface area contributed by atoms with E-state index in [2.05, 4.69) is 0 Å². The summed E-state index contributed by atoms with van der Waals surface area (Å²) in [6.07, 6.45) is 4.67. The lowest BCUT2D eigenvalue weighted by Gasteiger charge is -2.29. The molecule has 20 heavy (non-hydrogen) atoms. The Morgan fingerprint density at radius 2 is 2.10 bits per heavy atom. The minimum Gasteiger partial charge on any atom is -0.480 e. The van der Waals surface area contributed by atoms with Crippen molar-refractivity contribution in [3.63, 3.8) is 0 Å². The fraction of sp³-hybridized carbons (Fsp3) is 0.375. The zero-order valence-electron chi connectivity index (χ0n) is 11.5. The van der Waals surface area contributed by atoms with E-state index in [1.165, 1.54) is 5.56 Å². The number of carbonyl (C=O) groups is 2. The van der Waals surface area contributed by atoms with Crippen LogP contribution in [0, 0.1) is 12.3 Å². The summed E-state index contributed by atoms with van der Waals surface area (Å²) in [6.45, 7) is 2.32. The van der Waals surface area contributed by atoms with Crippen molar-refractivity contribution < 1.29 is 19.4 Å². The Labute approximate surface area is 118 Å². The standard InChI is InChI=1S/C16H18O4/c1-12-5-7-13(8-6-12)4-2-9-16(14(17)18)10-3-11-20-15(16)19/h2,4-8H,3,9-11H2,1H3,(H,17,18). The fourth-order valence-electron chi connectivity index (χ4n) is 2.32. The maximum Gasteiger partial charge on any atom is 0.323 e. The summed E-state index contributed by atoms with van der Waals surface area (Å²) in [5.41, 5.74) is 0.736. The first kappa shape index (κ1) is 14.3. The zero-order valence-corrected chi connectivity index (χ0v) is 11.5. The van der Waals surface area contributed by atoms with Crippen LogP contribution in [0.25, 0.3) is 6.08 Å². The SMILES string of the molecule is Cc1ccc(C=CCC2(C(=O)O)CCCOC2=O)cc1. The van der Waals surface area contributed by atoms with Gasteiger partial charge >= 0.3 is 11.9 Å². The smallest absolute Gasteiger partial charge is 0.323 e. The van der Waals surface area contributed by atoms with Crippen molar-refractivity contribution in [3.05, 3.63) is 41.5 Å². The summed E-state index contributed by atoms with van der Waals surface area (Å²) < 4.78 is 4.92. The third-order valence-corrected chi connectivity index (χ3v) is 3.64. The summed E-state index contributed by atoms with van der Waals surface area (Å²) in [5.74, 6) is -1.72. The van der Waals surface area contributed by atoms with Gasteiger partial charge in [0.15, 0.2) is 5.41 Å². The van der Waals surface area contributed by atoms with E-state index >= 15 is 0 Å². The molecule has 0 bridgehead atoms. The predicted octanol–water partition coefficient (Wildman–Crippen LogP) is 2.81. The first-order chi connectivity index (χ1) is 9.54. The Hall–Kier alpha value is -2.10. The largest absolute Gasteiger partial charge is 0.480 e. The van der Waals surface area contributed by atoms with Crippen LogP contribution in [0.5, 0.6) is 0 Å². The maximum atomic E-state index is 11.8. The summed E-state index contributed by atoms with van der Waals surface area (Å²) in [6, 6.07) is 7.89. The molecule has 1 aromatic rings. The first-order valence-electron chi connectivity index (χ1n) is 6.68. The van der Waals surface area contributed by atoms with Crippen LogP contribution in [0.4, 0.5) is 0 Å². The second-order valence-corrected chi connectivity index (χ2v) is 5.14. The Morgan fingerprint density at radius 3 is 2.70 bits per heavy atom. The summed E-state index contributed by atoms with van der Waals surface area (Å²) in [4.78, 5) is 23.2. The lowest BCUT2D eigenvalue weighted by atomic mass is 9.78. The predicted molar refractivity (Wildman–Crippen MR) is 75.1 cm³/mol. The number of ether oxygens (including phenoxy) is 1. The van der Waals surface area contributed by atoms with Gasteiger partial charge in [-0.05, 0) is 31.7 Å². The van der Waals surface area contributed by atoms with E-state index in [0.29, 0.717) is 19.4 Å². The van der Waals surface area contributed by atoms with E-state index in [4.69, 9.17) is 4.74 Å². The van der Waals surface area contributed by atoms with Gasteiger partial charge in [-0.3, -0.25) is 9.59 Å². The van der Waals surface area contributed by atoms with Gasteiger partial charge in [-0.15, -0.1) is 0 Å². The Morgan fingerprint density at radius 1 is 1.40 bits per heavy atom. The molecule has 1 fully saturated rings. The molecule has 2 rings (SSSR count). The molecular formula is C16H18O4. The topological polar surface area (TPSA) is 63.6 Å². The van der Waals surface area contributed by atoms with Gasteiger partial charge in [0, 0.05) is 0 Å². The second-order valence-electron chi connectivity index (χ2n) is 5.14. The molecule has 0 spiro atoms.